The van der Waals surface area contributed by atoms with E-state index in [1.807, 2.05) is 0 Å². The van der Waals surface area contributed by atoms with E-state index in [9.17, 15) is 0 Å². The molecule has 0 saturated carbocycles. The normalized spacial score (nSPS) is 12.6. The summed E-state index contributed by atoms with van der Waals surface area (Å²) in [4.78, 5) is 1.40. The molecule has 1 aromatic carbocycles. The Bertz CT molecular complexity index is 507. The molecule has 0 aliphatic rings. The average molecular weight is 324 g/mol. The van der Waals surface area contributed by atoms with Gasteiger partial charge in [0.1, 0.15) is 0 Å². The molecule has 0 fully saturated rings. The Morgan fingerprint density at radius 3 is 2.61 bits per heavy atom. The highest BCUT2D eigenvalue weighted by atomic mass is 79.9. The lowest BCUT2D eigenvalue weighted by atomic mass is 9.93. The molecule has 2 aromatic rings. The largest absolute Gasteiger partial charge is 0.330 e. The summed E-state index contributed by atoms with van der Waals surface area (Å²) in [5.41, 5.74) is 8.71. The van der Waals surface area contributed by atoms with Crippen LogP contribution in [0, 0.1) is 12.8 Å². The lowest BCUT2D eigenvalue weighted by Gasteiger charge is -2.15. The maximum atomic E-state index is 5.93. The van der Waals surface area contributed by atoms with Crippen LogP contribution in [-0.4, -0.2) is 6.54 Å². The third kappa shape index (κ3) is 3.44. The second kappa shape index (κ2) is 6.50. The summed E-state index contributed by atoms with van der Waals surface area (Å²) in [6, 6.07) is 10.7. The van der Waals surface area contributed by atoms with Gasteiger partial charge in [-0.25, -0.2) is 0 Å². The van der Waals surface area contributed by atoms with E-state index in [0.29, 0.717) is 5.92 Å². The Labute approximate surface area is 121 Å². The molecule has 0 radical (unpaired) electrons. The number of thiophene rings is 1. The van der Waals surface area contributed by atoms with Crippen LogP contribution < -0.4 is 5.73 Å². The second-order valence-corrected chi connectivity index (χ2v) is 6.48. The predicted octanol–water partition coefficient (Wildman–Crippen LogP) is 4.18. The molecule has 1 nitrogen and oxygen atoms in total. The first kappa shape index (κ1) is 13.8. The molecule has 96 valence electrons. The first-order valence-electron chi connectivity index (χ1n) is 6.17. The molecule has 0 saturated heterocycles. The van der Waals surface area contributed by atoms with Crippen LogP contribution in [0.5, 0.6) is 0 Å². The van der Waals surface area contributed by atoms with Crippen LogP contribution in [0.15, 0.2) is 40.2 Å². The minimum Gasteiger partial charge on any atom is -0.330 e. The molecule has 0 bridgehead atoms. The van der Waals surface area contributed by atoms with Gasteiger partial charge in [0.25, 0.3) is 0 Å². The number of benzene rings is 1. The van der Waals surface area contributed by atoms with Crippen molar-refractivity contribution in [3.05, 3.63) is 56.2 Å². The molecule has 1 unspecified atom stereocenters. The van der Waals surface area contributed by atoms with Gasteiger partial charge >= 0.3 is 0 Å². The van der Waals surface area contributed by atoms with E-state index in [4.69, 9.17) is 5.73 Å². The molecule has 0 aliphatic carbocycles. The van der Waals surface area contributed by atoms with Crippen molar-refractivity contribution in [2.24, 2.45) is 11.7 Å². The van der Waals surface area contributed by atoms with Gasteiger partial charge in [-0.05, 0) is 70.7 Å². The summed E-state index contributed by atoms with van der Waals surface area (Å²) >= 11 is 5.40. The lowest BCUT2D eigenvalue weighted by Crippen LogP contribution is -2.19. The highest BCUT2D eigenvalue weighted by molar-refractivity contribution is 9.10. The van der Waals surface area contributed by atoms with E-state index in [-0.39, 0.29) is 0 Å². The summed E-state index contributed by atoms with van der Waals surface area (Å²) in [6.07, 6.45) is 2.12. The number of hydrogen-bond donors (Lipinski definition) is 1. The van der Waals surface area contributed by atoms with Gasteiger partial charge in [0.2, 0.25) is 0 Å². The van der Waals surface area contributed by atoms with Gasteiger partial charge in [-0.3, -0.25) is 0 Å². The maximum absolute atomic E-state index is 5.93. The van der Waals surface area contributed by atoms with Crippen molar-refractivity contribution in [3.63, 3.8) is 0 Å². The van der Waals surface area contributed by atoms with E-state index in [2.05, 4.69) is 58.6 Å². The highest BCUT2D eigenvalue weighted by Crippen LogP contribution is 2.26. The monoisotopic (exact) mass is 323 g/mol. The number of rotatable bonds is 5. The van der Waals surface area contributed by atoms with Gasteiger partial charge in [-0.1, -0.05) is 24.3 Å². The minimum absolute atomic E-state index is 0.515. The van der Waals surface area contributed by atoms with Gasteiger partial charge in [0.05, 0.1) is 0 Å². The van der Waals surface area contributed by atoms with Crippen molar-refractivity contribution >= 4 is 27.3 Å². The molecular weight excluding hydrogens is 306 g/mol. The third-order valence-corrected chi connectivity index (χ3v) is 5.22. The quantitative estimate of drug-likeness (QED) is 0.877. The zero-order valence-electron chi connectivity index (χ0n) is 10.5. The number of nitrogens with two attached hydrogens (primary N) is 1. The van der Waals surface area contributed by atoms with Gasteiger partial charge in [0.15, 0.2) is 0 Å². The Morgan fingerprint density at radius 1 is 1.22 bits per heavy atom. The van der Waals surface area contributed by atoms with Crippen LogP contribution in [0.3, 0.4) is 0 Å². The molecule has 2 N–H and O–H groups in total. The fourth-order valence-electron chi connectivity index (χ4n) is 2.12. The molecular formula is C15H18BrNS. The Balaban J connectivity index is 2.06. The summed E-state index contributed by atoms with van der Waals surface area (Å²) in [6.45, 7) is 2.91. The maximum Gasteiger partial charge on any atom is 0.0314 e. The Morgan fingerprint density at radius 2 is 2.00 bits per heavy atom. The zero-order chi connectivity index (χ0) is 13.0. The highest BCUT2D eigenvalue weighted by Gasteiger charge is 2.13. The van der Waals surface area contributed by atoms with Crippen LogP contribution in [0.2, 0.25) is 0 Å². The van der Waals surface area contributed by atoms with Gasteiger partial charge < -0.3 is 5.73 Å². The number of halogens is 1. The van der Waals surface area contributed by atoms with E-state index in [1.54, 1.807) is 11.3 Å². The van der Waals surface area contributed by atoms with Crippen molar-refractivity contribution in [1.29, 1.82) is 0 Å². The summed E-state index contributed by atoms with van der Waals surface area (Å²) in [5, 5.41) is 2.13. The van der Waals surface area contributed by atoms with E-state index in [0.717, 1.165) is 19.4 Å². The summed E-state index contributed by atoms with van der Waals surface area (Å²) in [5.74, 6) is 0.515. The Kier molecular flexibility index (Phi) is 4.98. The van der Waals surface area contributed by atoms with E-state index < -0.39 is 0 Å². The van der Waals surface area contributed by atoms with Crippen molar-refractivity contribution in [2.45, 2.75) is 19.8 Å². The fraction of sp³-hybridized carbons (Fsp3) is 0.333. The third-order valence-electron chi connectivity index (χ3n) is 3.27. The molecule has 0 amide bonds. The standard InChI is InChI=1S/C15H18BrNS/c1-11-4-2-3-5-13(11)8-12(10-17)9-15-14(16)6-7-18-15/h2-7,12H,8-10,17H2,1H3. The van der Waals surface area contributed by atoms with Gasteiger partial charge in [0, 0.05) is 9.35 Å². The van der Waals surface area contributed by atoms with E-state index >= 15 is 0 Å². The molecule has 0 spiro atoms. The van der Waals surface area contributed by atoms with Crippen LogP contribution in [-0.2, 0) is 12.8 Å². The van der Waals surface area contributed by atoms with Crippen molar-refractivity contribution in [1.82, 2.24) is 0 Å². The fourth-order valence-corrected chi connectivity index (χ4v) is 3.75. The zero-order valence-corrected chi connectivity index (χ0v) is 12.9. The smallest absolute Gasteiger partial charge is 0.0314 e. The minimum atomic E-state index is 0.515. The molecule has 1 aromatic heterocycles. The molecule has 2 rings (SSSR count). The van der Waals surface area contributed by atoms with Crippen LogP contribution in [0.1, 0.15) is 16.0 Å². The van der Waals surface area contributed by atoms with Gasteiger partial charge in [-0.15, -0.1) is 11.3 Å². The molecule has 1 heterocycles. The average Bonchev–Trinajstić information content (AvgIpc) is 2.77. The van der Waals surface area contributed by atoms with Crippen molar-refractivity contribution in [2.75, 3.05) is 6.54 Å². The topological polar surface area (TPSA) is 26.0 Å². The molecule has 3 heteroatoms. The summed E-state index contributed by atoms with van der Waals surface area (Å²) < 4.78 is 1.22. The predicted molar refractivity (Wildman–Crippen MR) is 83.2 cm³/mol. The van der Waals surface area contributed by atoms with E-state index in [1.165, 1.54) is 20.5 Å². The van der Waals surface area contributed by atoms with Crippen molar-refractivity contribution in [3.8, 4) is 0 Å². The van der Waals surface area contributed by atoms with Crippen molar-refractivity contribution < 1.29 is 0 Å². The molecule has 0 aliphatic heterocycles. The summed E-state index contributed by atoms with van der Waals surface area (Å²) in [7, 11) is 0. The second-order valence-electron chi connectivity index (χ2n) is 4.63. The first-order chi connectivity index (χ1) is 8.70. The van der Waals surface area contributed by atoms with Gasteiger partial charge in [-0.2, -0.15) is 0 Å². The number of aryl methyl sites for hydroxylation is 1. The number of hydrogen-bond acceptors (Lipinski definition) is 2. The van der Waals surface area contributed by atoms with Crippen LogP contribution >= 0.6 is 27.3 Å². The lowest BCUT2D eigenvalue weighted by molar-refractivity contribution is 0.535. The van der Waals surface area contributed by atoms with Crippen LogP contribution in [0.4, 0.5) is 0 Å². The first-order valence-corrected chi connectivity index (χ1v) is 7.84. The van der Waals surface area contributed by atoms with Crippen LogP contribution in [0.25, 0.3) is 0 Å². The molecule has 1 atom stereocenters. The SMILES string of the molecule is Cc1ccccc1CC(CN)Cc1sccc1Br. The Hall–Kier alpha value is -0.640. The molecule has 18 heavy (non-hydrogen) atoms.